The zero-order valence-electron chi connectivity index (χ0n) is 13.5. The number of rotatable bonds is 5. The SMILES string of the molecule is CCOC(=O)c1cccc(NC(=S)NCC2COC(C)(C)O2)c1. The molecule has 0 radical (unpaired) electrons. The maximum Gasteiger partial charge on any atom is 0.338 e. The number of ether oxygens (including phenoxy) is 3. The molecule has 6 nitrogen and oxygen atoms in total. The summed E-state index contributed by atoms with van der Waals surface area (Å²) in [5, 5.41) is 6.58. The Balaban J connectivity index is 1.83. The third-order valence-electron chi connectivity index (χ3n) is 3.19. The maximum absolute atomic E-state index is 11.7. The molecule has 0 aromatic heterocycles. The number of esters is 1. The lowest BCUT2D eigenvalue weighted by Crippen LogP contribution is -2.36. The Kier molecular flexibility index (Phi) is 5.92. The van der Waals surface area contributed by atoms with E-state index in [1.54, 1.807) is 25.1 Å². The standard InChI is InChI=1S/C16H22N2O4S/c1-4-20-14(19)11-6-5-7-12(8-11)18-15(23)17-9-13-10-21-16(2,3)22-13/h5-8,13H,4,9-10H2,1-3H3,(H2,17,18,23). The van der Waals surface area contributed by atoms with Crippen molar-refractivity contribution >= 4 is 29.0 Å². The minimum atomic E-state index is -0.546. The zero-order valence-corrected chi connectivity index (χ0v) is 14.4. The van der Waals surface area contributed by atoms with Crippen LogP contribution in [0.25, 0.3) is 0 Å². The lowest BCUT2D eigenvalue weighted by atomic mass is 10.2. The second-order valence-electron chi connectivity index (χ2n) is 5.59. The summed E-state index contributed by atoms with van der Waals surface area (Å²) in [5.41, 5.74) is 1.20. The molecule has 1 aromatic rings. The van der Waals surface area contributed by atoms with Crippen LogP contribution >= 0.6 is 12.2 Å². The van der Waals surface area contributed by atoms with Crippen LogP contribution in [0.2, 0.25) is 0 Å². The van der Waals surface area contributed by atoms with Gasteiger partial charge in [0.25, 0.3) is 0 Å². The van der Waals surface area contributed by atoms with E-state index in [1.807, 2.05) is 19.9 Å². The van der Waals surface area contributed by atoms with E-state index in [-0.39, 0.29) is 12.1 Å². The molecule has 0 aliphatic carbocycles. The van der Waals surface area contributed by atoms with Gasteiger partial charge in [0, 0.05) is 12.2 Å². The molecule has 7 heteroatoms. The monoisotopic (exact) mass is 338 g/mol. The Morgan fingerprint density at radius 1 is 1.48 bits per heavy atom. The average Bonchev–Trinajstić information content (AvgIpc) is 2.85. The van der Waals surface area contributed by atoms with Crippen LogP contribution in [0, 0.1) is 0 Å². The molecule has 1 unspecified atom stereocenters. The maximum atomic E-state index is 11.7. The normalized spacial score (nSPS) is 19.2. The van der Waals surface area contributed by atoms with Crippen LogP contribution < -0.4 is 10.6 Å². The van der Waals surface area contributed by atoms with E-state index < -0.39 is 5.79 Å². The predicted octanol–water partition coefficient (Wildman–Crippen LogP) is 2.30. The fraction of sp³-hybridized carbons (Fsp3) is 0.500. The Hall–Kier alpha value is -1.70. The highest BCUT2D eigenvalue weighted by Gasteiger charge is 2.32. The minimum Gasteiger partial charge on any atom is -0.462 e. The van der Waals surface area contributed by atoms with Gasteiger partial charge in [-0.3, -0.25) is 0 Å². The molecule has 0 saturated carbocycles. The van der Waals surface area contributed by atoms with E-state index in [0.717, 1.165) is 5.69 Å². The molecule has 1 atom stereocenters. The lowest BCUT2D eigenvalue weighted by Gasteiger charge is -2.18. The number of benzene rings is 1. The van der Waals surface area contributed by atoms with Gasteiger partial charge < -0.3 is 24.8 Å². The zero-order chi connectivity index (χ0) is 16.9. The van der Waals surface area contributed by atoms with Crippen molar-refractivity contribution in [1.82, 2.24) is 5.32 Å². The van der Waals surface area contributed by atoms with E-state index >= 15 is 0 Å². The highest BCUT2D eigenvalue weighted by Crippen LogP contribution is 2.21. The Labute approximate surface area is 141 Å². The van der Waals surface area contributed by atoms with Crippen molar-refractivity contribution in [3.05, 3.63) is 29.8 Å². The number of anilines is 1. The fourth-order valence-electron chi connectivity index (χ4n) is 2.18. The van der Waals surface area contributed by atoms with Gasteiger partial charge in [-0.1, -0.05) is 6.07 Å². The second-order valence-corrected chi connectivity index (χ2v) is 6.00. The first-order valence-electron chi connectivity index (χ1n) is 7.53. The van der Waals surface area contributed by atoms with E-state index in [9.17, 15) is 4.79 Å². The molecular formula is C16H22N2O4S. The fourth-order valence-corrected chi connectivity index (χ4v) is 2.38. The molecule has 0 spiro atoms. The average molecular weight is 338 g/mol. The molecule has 0 bridgehead atoms. The van der Waals surface area contributed by atoms with Gasteiger partial charge in [-0.25, -0.2) is 4.79 Å². The lowest BCUT2D eigenvalue weighted by molar-refractivity contribution is -0.137. The van der Waals surface area contributed by atoms with Crippen LogP contribution in [0.5, 0.6) is 0 Å². The van der Waals surface area contributed by atoms with Crippen LogP contribution in [-0.2, 0) is 14.2 Å². The molecule has 2 N–H and O–H groups in total. The van der Waals surface area contributed by atoms with Crippen molar-refractivity contribution in [2.45, 2.75) is 32.7 Å². The van der Waals surface area contributed by atoms with Crippen LogP contribution in [0.1, 0.15) is 31.1 Å². The van der Waals surface area contributed by atoms with E-state index in [0.29, 0.717) is 30.4 Å². The predicted molar refractivity (Wildman–Crippen MR) is 91.5 cm³/mol. The van der Waals surface area contributed by atoms with Crippen LogP contribution in [-0.4, -0.2) is 42.7 Å². The van der Waals surface area contributed by atoms with Gasteiger partial charge in [-0.15, -0.1) is 0 Å². The first-order chi connectivity index (χ1) is 10.9. The number of hydrogen-bond donors (Lipinski definition) is 2. The molecular weight excluding hydrogens is 316 g/mol. The molecule has 1 heterocycles. The van der Waals surface area contributed by atoms with Gasteiger partial charge in [0.1, 0.15) is 6.10 Å². The summed E-state index contributed by atoms with van der Waals surface area (Å²) in [5.74, 6) is -0.899. The van der Waals surface area contributed by atoms with Crippen LogP contribution in [0.4, 0.5) is 5.69 Å². The molecule has 2 rings (SSSR count). The quantitative estimate of drug-likeness (QED) is 0.631. The molecule has 23 heavy (non-hydrogen) atoms. The number of carbonyl (C=O) groups is 1. The number of thiocarbonyl (C=S) groups is 1. The first kappa shape index (κ1) is 17.7. The van der Waals surface area contributed by atoms with Gasteiger partial charge >= 0.3 is 5.97 Å². The molecule has 1 aliphatic rings. The third kappa shape index (κ3) is 5.46. The summed E-state index contributed by atoms with van der Waals surface area (Å²) in [7, 11) is 0. The molecule has 126 valence electrons. The Morgan fingerprint density at radius 3 is 2.91 bits per heavy atom. The number of nitrogens with one attached hydrogen (secondary N) is 2. The van der Waals surface area contributed by atoms with E-state index in [4.69, 9.17) is 26.4 Å². The van der Waals surface area contributed by atoms with Crippen LogP contribution in [0.3, 0.4) is 0 Å². The molecule has 1 saturated heterocycles. The van der Waals surface area contributed by atoms with Crippen molar-refractivity contribution < 1.29 is 19.0 Å². The summed E-state index contributed by atoms with van der Waals surface area (Å²) in [4.78, 5) is 11.7. The third-order valence-corrected chi connectivity index (χ3v) is 3.44. The smallest absolute Gasteiger partial charge is 0.338 e. The summed E-state index contributed by atoms with van der Waals surface area (Å²) >= 11 is 5.25. The number of hydrogen-bond acceptors (Lipinski definition) is 5. The Bertz CT molecular complexity index is 577. The van der Waals surface area contributed by atoms with E-state index in [2.05, 4.69) is 10.6 Å². The van der Waals surface area contributed by atoms with Crippen molar-refractivity contribution in [1.29, 1.82) is 0 Å². The second kappa shape index (κ2) is 7.72. The summed E-state index contributed by atoms with van der Waals surface area (Å²) in [6.45, 7) is 6.95. The first-order valence-corrected chi connectivity index (χ1v) is 7.94. The highest BCUT2D eigenvalue weighted by molar-refractivity contribution is 7.80. The highest BCUT2D eigenvalue weighted by atomic mass is 32.1. The minimum absolute atomic E-state index is 0.0457. The molecule has 1 fully saturated rings. The van der Waals surface area contributed by atoms with Gasteiger partial charge in [-0.2, -0.15) is 0 Å². The van der Waals surface area contributed by atoms with Gasteiger partial charge in [-0.05, 0) is 51.2 Å². The van der Waals surface area contributed by atoms with Crippen molar-refractivity contribution in [2.24, 2.45) is 0 Å². The van der Waals surface area contributed by atoms with Crippen molar-refractivity contribution in [2.75, 3.05) is 25.1 Å². The largest absolute Gasteiger partial charge is 0.462 e. The van der Waals surface area contributed by atoms with Gasteiger partial charge in [0.2, 0.25) is 0 Å². The van der Waals surface area contributed by atoms with Gasteiger partial charge in [0.05, 0.1) is 18.8 Å². The topological polar surface area (TPSA) is 68.8 Å². The summed E-state index contributed by atoms with van der Waals surface area (Å²) < 4.78 is 16.2. The molecule has 0 amide bonds. The van der Waals surface area contributed by atoms with Crippen molar-refractivity contribution in [3.63, 3.8) is 0 Å². The molecule has 1 aliphatic heterocycles. The van der Waals surface area contributed by atoms with Crippen molar-refractivity contribution in [3.8, 4) is 0 Å². The Morgan fingerprint density at radius 2 is 2.26 bits per heavy atom. The molecule has 1 aromatic carbocycles. The number of carbonyl (C=O) groups excluding carboxylic acids is 1. The van der Waals surface area contributed by atoms with E-state index in [1.165, 1.54) is 0 Å². The van der Waals surface area contributed by atoms with Crippen LogP contribution in [0.15, 0.2) is 24.3 Å². The summed E-state index contributed by atoms with van der Waals surface area (Å²) in [6.07, 6.45) is -0.0457. The summed E-state index contributed by atoms with van der Waals surface area (Å²) in [6, 6.07) is 7.00. The van der Waals surface area contributed by atoms with Gasteiger partial charge in [0.15, 0.2) is 10.9 Å².